The van der Waals surface area contributed by atoms with E-state index in [-0.39, 0.29) is 34.2 Å². The minimum absolute atomic E-state index is 0.127. The summed E-state index contributed by atoms with van der Waals surface area (Å²) in [6.45, 7) is -0.456. The van der Waals surface area contributed by atoms with Crippen LogP contribution in [0.25, 0.3) is 0 Å². The molecule has 2 aromatic carbocycles. The Balaban J connectivity index is 1.49. The summed E-state index contributed by atoms with van der Waals surface area (Å²) in [5.41, 5.74) is 0.467. The van der Waals surface area contributed by atoms with Gasteiger partial charge in [-0.3, -0.25) is 19.2 Å². The summed E-state index contributed by atoms with van der Waals surface area (Å²) in [5.74, 6) is -1.74. The van der Waals surface area contributed by atoms with E-state index in [9.17, 15) is 19.2 Å². The topological polar surface area (TPSA) is 84.0 Å². The van der Waals surface area contributed by atoms with E-state index < -0.39 is 30.1 Å². The number of hydrazine groups is 1. The van der Waals surface area contributed by atoms with Crippen LogP contribution < -0.4 is 4.74 Å². The molecule has 2 bridgehead atoms. The van der Waals surface area contributed by atoms with Gasteiger partial charge >= 0.3 is 0 Å². The standard InChI is InChI=1S/C25H23ClN2O5/c1-33-17-10-8-14(9-11-17)20(29)13-27(23(30)18-4-2-3-5-19(18)26)28-24(31)21-15-6-7-16(12-15)22(21)25(28)32/h2-5,8-11,15-16,21-22H,6-7,12-13H2,1H3/t15-,16-,21-,22+/m0/s1. The van der Waals surface area contributed by atoms with E-state index in [4.69, 9.17) is 16.3 Å². The average molecular weight is 467 g/mol. The van der Waals surface area contributed by atoms with Crippen molar-refractivity contribution >= 4 is 35.1 Å². The summed E-state index contributed by atoms with van der Waals surface area (Å²) in [6, 6.07) is 12.9. The van der Waals surface area contributed by atoms with E-state index in [2.05, 4.69) is 0 Å². The van der Waals surface area contributed by atoms with Crippen LogP contribution in [0.5, 0.6) is 5.75 Å². The highest BCUT2D eigenvalue weighted by Crippen LogP contribution is 2.56. The highest BCUT2D eigenvalue weighted by atomic mass is 35.5. The molecule has 3 aliphatic rings. The van der Waals surface area contributed by atoms with Gasteiger partial charge in [-0.05, 0) is 67.5 Å². The Bertz CT molecular complexity index is 1120. The van der Waals surface area contributed by atoms with Crippen LogP contribution in [-0.2, 0) is 9.59 Å². The van der Waals surface area contributed by atoms with Crippen LogP contribution in [0.4, 0.5) is 0 Å². The lowest BCUT2D eigenvalue weighted by atomic mass is 9.81. The summed E-state index contributed by atoms with van der Waals surface area (Å²) in [5, 5.41) is 2.09. The van der Waals surface area contributed by atoms with Gasteiger partial charge in [0.2, 0.25) is 0 Å². The number of methoxy groups -OCH3 is 1. The molecule has 3 fully saturated rings. The lowest BCUT2D eigenvalue weighted by Crippen LogP contribution is -2.52. The van der Waals surface area contributed by atoms with Crippen LogP contribution in [0, 0.1) is 23.7 Å². The number of hydrogen-bond donors (Lipinski definition) is 0. The largest absolute Gasteiger partial charge is 0.497 e. The molecule has 170 valence electrons. The van der Waals surface area contributed by atoms with E-state index >= 15 is 0 Å². The number of Topliss-reactive ketones (excluding diaryl/α,β-unsaturated/α-hetero) is 1. The van der Waals surface area contributed by atoms with Crippen LogP contribution in [0.2, 0.25) is 5.02 Å². The van der Waals surface area contributed by atoms with E-state index in [0.29, 0.717) is 11.3 Å². The maximum absolute atomic E-state index is 13.5. The summed E-state index contributed by atoms with van der Waals surface area (Å²) in [6.07, 6.45) is 2.72. The first-order valence-corrected chi connectivity index (χ1v) is 11.4. The van der Waals surface area contributed by atoms with Crippen molar-refractivity contribution in [1.82, 2.24) is 10.0 Å². The number of ketones is 1. The fourth-order valence-electron chi connectivity index (χ4n) is 5.64. The van der Waals surface area contributed by atoms with Crippen molar-refractivity contribution in [2.24, 2.45) is 23.7 Å². The van der Waals surface area contributed by atoms with Crippen LogP contribution in [-0.4, -0.2) is 47.2 Å². The average Bonchev–Trinajstić information content (AvgIpc) is 3.51. The zero-order valence-corrected chi connectivity index (χ0v) is 18.8. The van der Waals surface area contributed by atoms with E-state index in [0.717, 1.165) is 29.3 Å². The van der Waals surface area contributed by atoms with Gasteiger partial charge in [-0.25, -0.2) is 5.01 Å². The quantitative estimate of drug-likeness (QED) is 0.479. The molecular formula is C25H23ClN2O5. The van der Waals surface area contributed by atoms with Crippen molar-refractivity contribution < 1.29 is 23.9 Å². The Hall–Kier alpha value is -3.19. The Kier molecular flexibility index (Phi) is 5.44. The zero-order chi connectivity index (χ0) is 23.3. The van der Waals surface area contributed by atoms with Crippen molar-refractivity contribution in [1.29, 1.82) is 0 Å². The molecule has 0 N–H and O–H groups in total. The molecule has 1 heterocycles. The first kappa shape index (κ1) is 21.6. The fourth-order valence-corrected chi connectivity index (χ4v) is 5.86. The number of halogens is 1. The number of rotatable bonds is 6. The number of carbonyl (C=O) groups excluding carboxylic acids is 4. The second kappa shape index (κ2) is 8.30. The number of carbonyl (C=O) groups is 4. The molecule has 8 heteroatoms. The van der Waals surface area contributed by atoms with E-state index in [1.54, 1.807) is 42.5 Å². The number of fused-ring (bicyclic) bond motifs is 5. The van der Waals surface area contributed by atoms with E-state index in [1.807, 2.05) is 0 Å². The summed E-state index contributed by atoms with van der Waals surface area (Å²) < 4.78 is 5.13. The summed E-state index contributed by atoms with van der Waals surface area (Å²) in [7, 11) is 1.52. The lowest BCUT2D eigenvalue weighted by molar-refractivity contribution is -0.154. The van der Waals surface area contributed by atoms with Crippen LogP contribution in [0.3, 0.4) is 0 Å². The monoisotopic (exact) mass is 466 g/mol. The smallest absolute Gasteiger partial charge is 0.274 e. The summed E-state index contributed by atoms with van der Waals surface area (Å²) >= 11 is 6.25. The molecule has 1 aliphatic heterocycles. The summed E-state index contributed by atoms with van der Waals surface area (Å²) in [4.78, 5) is 53.5. The number of imide groups is 1. The maximum atomic E-state index is 13.5. The second-order valence-electron chi connectivity index (χ2n) is 8.87. The van der Waals surface area contributed by atoms with Crippen molar-refractivity contribution in [3.05, 3.63) is 64.7 Å². The minimum Gasteiger partial charge on any atom is -0.497 e. The molecule has 7 nitrogen and oxygen atoms in total. The number of hydrogen-bond acceptors (Lipinski definition) is 5. The van der Waals surface area contributed by atoms with Gasteiger partial charge in [0.05, 0.1) is 29.5 Å². The lowest BCUT2D eigenvalue weighted by Gasteiger charge is -2.31. The van der Waals surface area contributed by atoms with Crippen molar-refractivity contribution in [2.45, 2.75) is 19.3 Å². The number of amides is 3. The number of ether oxygens (including phenoxy) is 1. The van der Waals surface area contributed by atoms with Crippen LogP contribution in [0.15, 0.2) is 48.5 Å². The van der Waals surface area contributed by atoms with Crippen molar-refractivity contribution in [2.75, 3.05) is 13.7 Å². The van der Waals surface area contributed by atoms with Gasteiger partial charge in [0.15, 0.2) is 5.78 Å². The maximum Gasteiger partial charge on any atom is 0.274 e. The molecule has 0 aromatic heterocycles. The molecule has 0 unspecified atom stereocenters. The van der Waals surface area contributed by atoms with Gasteiger partial charge in [0, 0.05) is 5.56 Å². The molecule has 0 radical (unpaired) electrons. The Morgan fingerprint density at radius 1 is 1.00 bits per heavy atom. The second-order valence-corrected chi connectivity index (χ2v) is 9.27. The predicted octanol–water partition coefficient (Wildman–Crippen LogP) is 3.62. The van der Waals surface area contributed by atoms with E-state index in [1.165, 1.54) is 13.2 Å². The Morgan fingerprint density at radius 3 is 2.18 bits per heavy atom. The van der Waals surface area contributed by atoms with Gasteiger partial charge in [-0.1, -0.05) is 23.7 Å². The third kappa shape index (κ3) is 3.51. The molecule has 4 atom stereocenters. The van der Waals surface area contributed by atoms with Gasteiger partial charge in [0.1, 0.15) is 12.3 Å². The number of nitrogens with zero attached hydrogens (tertiary/aromatic N) is 2. The fraction of sp³-hybridized carbons (Fsp3) is 0.360. The van der Waals surface area contributed by atoms with Gasteiger partial charge in [-0.2, -0.15) is 5.01 Å². The zero-order valence-electron chi connectivity index (χ0n) is 18.1. The molecule has 1 saturated heterocycles. The van der Waals surface area contributed by atoms with Gasteiger partial charge in [-0.15, -0.1) is 0 Å². The Labute approximate surface area is 196 Å². The molecule has 2 saturated carbocycles. The molecular weight excluding hydrogens is 444 g/mol. The van der Waals surface area contributed by atoms with Crippen molar-refractivity contribution in [3.63, 3.8) is 0 Å². The van der Waals surface area contributed by atoms with Crippen LogP contribution >= 0.6 is 11.6 Å². The van der Waals surface area contributed by atoms with Gasteiger partial charge in [0.25, 0.3) is 17.7 Å². The predicted molar refractivity (Wildman–Crippen MR) is 119 cm³/mol. The normalized spacial score (nSPS) is 25.3. The third-order valence-electron chi connectivity index (χ3n) is 7.19. The number of benzene rings is 2. The molecule has 33 heavy (non-hydrogen) atoms. The molecule has 0 spiro atoms. The molecule has 5 rings (SSSR count). The van der Waals surface area contributed by atoms with Crippen LogP contribution in [0.1, 0.15) is 40.0 Å². The van der Waals surface area contributed by atoms with Crippen molar-refractivity contribution in [3.8, 4) is 5.75 Å². The molecule has 2 aromatic rings. The molecule has 3 amide bonds. The molecule has 2 aliphatic carbocycles. The SMILES string of the molecule is COc1ccc(C(=O)CN(C(=O)c2ccccc2Cl)N2C(=O)[C@@H]3[C@H]4CC[C@@H](C4)[C@@H]3C2=O)cc1. The Morgan fingerprint density at radius 2 is 1.61 bits per heavy atom. The minimum atomic E-state index is -0.656. The highest BCUT2D eigenvalue weighted by Gasteiger charge is 2.62. The first-order chi connectivity index (χ1) is 15.9. The van der Waals surface area contributed by atoms with Gasteiger partial charge < -0.3 is 4.74 Å². The first-order valence-electron chi connectivity index (χ1n) is 11.0. The highest BCUT2D eigenvalue weighted by molar-refractivity contribution is 6.34. The third-order valence-corrected chi connectivity index (χ3v) is 7.52.